The molecule has 0 spiro atoms. The van der Waals surface area contributed by atoms with Crippen molar-refractivity contribution in [3.63, 3.8) is 0 Å². The topological polar surface area (TPSA) is 55.3 Å². The Kier molecular flexibility index (Phi) is 4.71. The molecule has 0 N–H and O–H groups in total. The lowest BCUT2D eigenvalue weighted by Crippen LogP contribution is -2.37. The summed E-state index contributed by atoms with van der Waals surface area (Å²) in [5, 5.41) is 0.854. The fraction of sp³-hybridized carbons (Fsp3) is 0.350. The fourth-order valence-electron chi connectivity index (χ4n) is 2.78. The van der Waals surface area contributed by atoms with Crippen LogP contribution in [0, 0.1) is 12.3 Å². The molecule has 3 rings (SSSR count). The van der Waals surface area contributed by atoms with E-state index in [2.05, 4.69) is 9.97 Å². The van der Waals surface area contributed by atoms with Crippen molar-refractivity contribution in [2.45, 2.75) is 27.7 Å². The van der Waals surface area contributed by atoms with E-state index < -0.39 is 5.41 Å². The molecule has 136 valence electrons. The average molecular weight is 369 g/mol. The van der Waals surface area contributed by atoms with Crippen LogP contribution in [0.25, 0.3) is 20.9 Å². The highest BCUT2D eigenvalue weighted by Crippen LogP contribution is 2.33. The van der Waals surface area contributed by atoms with Gasteiger partial charge in [-0.2, -0.15) is 0 Å². The molecule has 5 nitrogen and oxygen atoms in total. The normalized spacial score (nSPS) is 11.6. The summed E-state index contributed by atoms with van der Waals surface area (Å²) in [6.07, 6.45) is 0. The van der Waals surface area contributed by atoms with Crippen LogP contribution in [0.15, 0.2) is 30.3 Å². The molecular weight excluding hydrogens is 346 g/mol. The summed E-state index contributed by atoms with van der Waals surface area (Å²) < 4.78 is 6.33. The quantitative estimate of drug-likeness (QED) is 0.672. The highest BCUT2D eigenvalue weighted by atomic mass is 32.1. The summed E-state index contributed by atoms with van der Waals surface area (Å²) in [5.74, 6) is 0.872. The van der Waals surface area contributed by atoms with Crippen molar-refractivity contribution in [3.05, 3.63) is 36.0 Å². The molecule has 1 amide bonds. The molecule has 0 unspecified atom stereocenters. The highest BCUT2D eigenvalue weighted by molar-refractivity contribution is 7.21. The molecule has 0 aliphatic heterocycles. The number of rotatable bonds is 3. The van der Waals surface area contributed by atoms with Crippen molar-refractivity contribution in [2.75, 3.05) is 19.1 Å². The maximum absolute atomic E-state index is 12.5. The van der Waals surface area contributed by atoms with Gasteiger partial charge < -0.3 is 9.64 Å². The number of methoxy groups -OCH3 is 1. The number of hydrogen-bond donors (Lipinski definition) is 0. The van der Waals surface area contributed by atoms with Crippen molar-refractivity contribution in [3.8, 4) is 16.5 Å². The van der Waals surface area contributed by atoms with E-state index >= 15 is 0 Å². The largest absolute Gasteiger partial charge is 0.497 e. The van der Waals surface area contributed by atoms with Crippen LogP contribution in [0.4, 0.5) is 5.69 Å². The minimum Gasteiger partial charge on any atom is -0.497 e. The summed E-state index contributed by atoms with van der Waals surface area (Å²) in [5.41, 5.74) is 2.92. The molecule has 1 aromatic carbocycles. The van der Waals surface area contributed by atoms with Crippen LogP contribution in [-0.4, -0.2) is 30.0 Å². The third-order valence-electron chi connectivity index (χ3n) is 4.18. The third kappa shape index (κ3) is 3.42. The van der Waals surface area contributed by atoms with Gasteiger partial charge in [0.2, 0.25) is 5.91 Å². The van der Waals surface area contributed by atoms with Gasteiger partial charge in [0.1, 0.15) is 10.8 Å². The number of carbonyl (C=O) groups excluding carboxylic acids is 1. The van der Waals surface area contributed by atoms with E-state index in [0.717, 1.165) is 38.0 Å². The minimum atomic E-state index is -0.439. The van der Waals surface area contributed by atoms with E-state index in [1.807, 2.05) is 58.0 Å². The van der Waals surface area contributed by atoms with E-state index in [0.29, 0.717) is 0 Å². The Morgan fingerprint density at radius 3 is 2.50 bits per heavy atom. The second-order valence-corrected chi connectivity index (χ2v) is 8.30. The number of aryl methyl sites for hydroxylation is 1. The number of anilines is 1. The zero-order valence-corrected chi connectivity index (χ0v) is 16.8. The predicted octanol–water partition coefficient (Wildman–Crippen LogP) is 4.68. The number of aromatic nitrogens is 2. The molecule has 6 heteroatoms. The molecule has 0 bridgehead atoms. The SMILES string of the molecule is COc1ccc2nc(-c3ccc(N(C)C(=O)C(C)(C)C)c(C)n3)sc2c1. The van der Waals surface area contributed by atoms with Crippen LogP contribution in [-0.2, 0) is 4.79 Å². The Morgan fingerprint density at radius 2 is 1.88 bits per heavy atom. The van der Waals surface area contributed by atoms with E-state index in [4.69, 9.17) is 4.74 Å². The lowest BCUT2D eigenvalue weighted by atomic mass is 9.94. The lowest BCUT2D eigenvalue weighted by Gasteiger charge is -2.27. The van der Waals surface area contributed by atoms with Crippen LogP contribution in [0.3, 0.4) is 0 Å². The monoisotopic (exact) mass is 369 g/mol. The van der Waals surface area contributed by atoms with Crippen molar-refractivity contribution < 1.29 is 9.53 Å². The number of carbonyl (C=O) groups is 1. The number of pyridine rings is 1. The summed E-state index contributed by atoms with van der Waals surface area (Å²) in [4.78, 5) is 23.6. The first kappa shape index (κ1) is 18.3. The van der Waals surface area contributed by atoms with Crippen molar-refractivity contribution >= 4 is 33.1 Å². The van der Waals surface area contributed by atoms with Gasteiger partial charge in [-0.3, -0.25) is 4.79 Å². The number of thiazole rings is 1. The molecular formula is C20H23N3O2S. The molecule has 0 atom stereocenters. The third-order valence-corrected chi connectivity index (χ3v) is 5.22. The second kappa shape index (κ2) is 6.68. The Morgan fingerprint density at radius 1 is 1.15 bits per heavy atom. The number of fused-ring (bicyclic) bond motifs is 1. The Balaban J connectivity index is 1.96. The van der Waals surface area contributed by atoms with Crippen LogP contribution < -0.4 is 9.64 Å². The minimum absolute atomic E-state index is 0.0576. The Hall–Kier alpha value is -2.47. The summed E-state index contributed by atoms with van der Waals surface area (Å²) in [6, 6.07) is 9.69. The van der Waals surface area contributed by atoms with Crippen LogP contribution in [0.5, 0.6) is 5.75 Å². The van der Waals surface area contributed by atoms with Crippen LogP contribution in [0.2, 0.25) is 0 Å². The predicted molar refractivity (Wildman–Crippen MR) is 107 cm³/mol. The molecule has 2 aromatic heterocycles. The van der Waals surface area contributed by atoms with Gasteiger partial charge in [0.25, 0.3) is 0 Å². The maximum Gasteiger partial charge on any atom is 0.232 e. The molecule has 2 heterocycles. The van der Waals surface area contributed by atoms with E-state index in [1.165, 1.54) is 0 Å². The molecule has 0 saturated carbocycles. The van der Waals surface area contributed by atoms with Crippen LogP contribution >= 0.6 is 11.3 Å². The van der Waals surface area contributed by atoms with Gasteiger partial charge in [-0.05, 0) is 37.3 Å². The van der Waals surface area contributed by atoms with Gasteiger partial charge in [0.15, 0.2) is 0 Å². The number of amides is 1. The van der Waals surface area contributed by atoms with Crippen molar-refractivity contribution in [2.24, 2.45) is 5.41 Å². The fourth-order valence-corrected chi connectivity index (χ4v) is 3.75. The molecule has 0 radical (unpaired) electrons. The number of benzene rings is 1. The smallest absolute Gasteiger partial charge is 0.232 e. The van der Waals surface area contributed by atoms with Gasteiger partial charge in [-0.1, -0.05) is 20.8 Å². The molecule has 0 aliphatic rings. The summed E-state index contributed by atoms with van der Waals surface area (Å²) in [6.45, 7) is 7.66. The standard InChI is InChI=1S/C20H23N3O2S/c1-12-16(23(5)19(24)20(2,3)4)10-9-15(21-12)18-22-14-8-7-13(25-6)11-17(14)26-18/h7-11H,1-6H3. The van der Waals surface area contributed by atoms with E-state index in [9.17, 15) is 4.79 Å². The zero-order chi connectivity index (χ0) is 19.1. The molecule has 26 heavy (non-hydrogen) atoms. The first-order valence-corrected chi connectivity index (χ1v) is 9.23. The van der Waals surface area contributed by atoms with Gasteiger partial charge in [0, 0.05) is 12.5 Å². The maximum atomic E-state index is 12.5. The molecule has 0 fully saturated rings. The van der Waals surface area contributed by atoms with Crippen LogP contribution in [0.1, 0.15) is 26.5 Å². The Labute approximate surface area is 157 Å². The van der Waals surface area contributed by atoms with Gasteiger partial charge in [-0.25, -0.2) is 9.97 Å². The van der Waals surface area contributed by atoms with Gasteiger partial charge in [0.05, 0.1) is 34.4 Å². The van der Waals surface area contributed by atoms with Crippen molar-refractivity contribution in [1.82, 2.24) is 9.97 Å². The van der Waals surface area contributed by atoms with Crippen molar-refractivity contribution in [1.29, 1.82) is 0 Å². The van der Waals surface area contributed by atoms with E-state index in [-0.39, 0.29) is 5.91 Å². The number of hydrogen-bond acceptors (Lipinski definition) is 5. The molecule has 0 saturated heterocycles. The molecule has 0 aliphatic carbocycles. The Bertz CT molecular complexity index is 973. The van der Waals surface area contributed by atoms with Gasteiger partial charge in [-0.15, -0.1) is 11.3 Å². The molecule has 3 aromatic rings. The number of ether oxygens (including phenoxy) is 1. The highest BCUT2D eigenvalue weighted by Gasteiger charge is 2.27. The first-order chi connectivity index (χ1) is 12.2. The van der Waals surface area contributed by atoms with Gasteiger partial charge >= 0.3 is 0 Å². The lowest BCUT2D eigenvalue weighted by molar-refractivity contribution is -0.125. The number of nitrogens with zero attached hydrogens (tertiary/aromatic N) is 3. The summed E-state index contributed by atoms with van der Waals surface area (Å²) in [7, 11) is 3.45. The summed E-state index contributed by atoms with van der Waals surface area (Å²) >= 11 is 1.58. The second-order valence-electron chi connectivity index (χ2n) is 7.27. The zero-order valence-electron chi connectivity index (χ0n) is 16.0. The average Bonchev–Trinajstić information content (AvgIpc) is 3.02. The first-order valence-electron chi connectivity index (χ1n) is 8.41. The van der Waals surface area contributed by atoms with E-state index in [1.54, 1.807) is 30.4 Å².